The van der Waals surface area contributed by atoms with Crippen molar-refractivity contribution in [2.24, 2.45) is 0 Å². The highest BCUT2D eigenvalue weighted by molar-refractivity contribution is 5.83. The molecule has 3 aromatic rings. The highest BCUT2D eigenvalue weighted by atomic mass is 19.3. The van der Waals surface area contributed by atoms with E-state index in [2.05, 4.69) is 15.2 Å². The zero-order valence-electron chi connectivity index (χ0n) is 17.0. The summed E-state index contributed by atoms with van der Waals surface area (Å²) in [5.74, 6) is 0.847. The van der Waals surface area contributed by atoms with Gasteiger partial charge in [-0.3, -0.25) is 0 Å². The molecule has 0 aliphatic carbocycles. The number of halogens is 2. The number of ether oxygens (including phenoxy) is 1. The summed E-state index contributed by atoms with van der Waals surface area (Å²) >= 11 is 0. The van der Waals surface area contributed by atoms with E-state index in [1.807, 2.05) is 20.8 Å². The molecular weight excluding hydrogens is 396 g/mol. The van der Waals surface area contributed by atoms with E-state index in [-0.39, 0.29) is 12.0 Å². The molecule has 1 aromatic carbocycles. The fourth-order valence-corrected chi connectivity index (χ4v) is 3.49. The summed E-state index contributed by atoms with van der Waals surface area (Å²) in [6.45, 7) is 3.86. The minimum atomic E-state index is -2.73. The van der Waals surface area contributed by atoms with Crippen molar-refractivity contribution in [2.45, 2.75) is 51.7 Å². The van der Waals surface area contributed by atoms with Gasteiger partial charge in [0, 0.05) is 30.0 Å². The minimum Gasteiger partial charge on any atom is -0.444 e. The third-order valence-electron chi connectivity index (χ3n) is 4.98. The number of hydrogen-bond donors (Lipinski definition) is 0. The topological polar surface area (TPSA) is 86.3 Å². The van der Waals surface area contributed by atoms with Crippen molar-refractivity contribution in [3.63, 3.8) is 0 Å². The SMILES string of the molecule is CC(C)(C)OC(=O)N1CCC(c2nc(-c3ccc4cnn(C(F)F)c4c3)no2)CC1. The average Bonchev–Trinajstić information content (AvgIpc) is 3.33. The second-order valence-electron chi connectivity index (χ2n) is 8.34. The van der Waals surface area contributed by atoms with Gasteiger partial charge in [0.25, 0.3) is 0 Å². The van der Waals surface area contributed by atoms with Crippen LogP contribution in [0.15, 0.2) is 28.9 Å². The van der Waals surface area contributed by atoms with E-state index < -0.39 is 12.2 Å². The fraction of sp³-hybridized carbons (Fsp3) is 0.500. The molecule has 0 N–H and O–H groups in total. The van der Waals surface area contributed by atoms with Gasteiger partial charge < -0.3 is 14.2 Å². The molecule has 160 valence electrons. The molecule has 0 saturated carbocycles. The van der Waals surface area contributed by atoms with Gasteiger partial charge in [0.1, 0.15) is 5.60 Å². The van der Waals surface area contributed by atoms with E-state index >= 15 is 0 Å². The lowest BCUT2D eigenvalue weighted by atomic mass is 9.97. The second kappa shape index (κ2) is 7.66. The Labute approximate surface area is 171 Å². The number of carbonyl (C=O) groups excluding carboxylic acids is 1. The van der Waals surface area contributed by atoms with Crippen molar-refractivity contribution in [3.05, 3.63) is 30.3 Å². The van der Waals surface area contributed by atoms with Gasteiger partial charge in [-0.2, -0.15) is 18.9 Å². The van der Waals surface area contributed by atoms with E-state index in [0.29, 0.717) is 58.8 Å². The van der Waals surface area contributed by atoms with Gasteiger partial charge in [-0.15, -0.1) is 0 Å². The first-order chi connectivity index (χ1) is 14.2. The maximum Gasteiger partial charge on any atom is 0.410 e. The number of likely N-dealkylation sites (tertiary alicyclic amines) is 1. The van der Waals surface area contributed by atoms with E-state index in [4.69, 9.17) is 9.26 Å². The molecule has 10 heteroatoms. The predicted octanol–water partition coefficient (Wildman–Crippen LogP) is 4.60. The number of hydrogen-bond acceptors (Lipinski definition) is 6. The summed E-state index contributed by atoms with van der Waals surface area (Å²) in [6, 6.07) is 5.03. The predicted molar refractivity (Wildman–Crippen MR) is 104 cm³/mol. The number of alkyl halides is 2. The summed E-state index contributed by atoms with van der Waals surface area (Å²) in [7, 11) is 0. The molecule has 3 heterocycles. The maximum atomic E-state index is 13.1. The van der Waals surface area contributed by atoms with Crippen LogP contribution in [0.1, 0.15) is 52.0 Å². The molecule has 8 nitrogen and oxygen atoms in total. The number of nitrogens with zero attached hydrogens (tertiary/aromatic N) is 5. The number of amides is 1. The summed E-state index contributed by atoms with van der Waals surface area (Å²) < 4.78 is 37.7. The molecule has 0 spiro atoms. The van der Waals surface area contributed by atoms with Crippen LogP contribution in [0, 0.1) is 0 Å². The van der Waals surface area contributed by atoms with E-state index in [9.17, 15) is 13.6 Å². The summed E-state index contributed by atoms with van der Waals surface area (Å²) in [5, 5.41) is 8.34. The molecule has 1 amide bonds. The molecule has 4 rings (SSSR count). The van der Waals surface area contributed by atoms with E-state index in [1.54, 1.807) is 23.1 Å². The van der Waals surface area contributed by atoms with Crippen molar-refractivity contribution in [2.75, 3.05) is 13.1 Å². The smallest absolute Gasteiger partial charge is 0.410 e. The highest BCUT2D eigenvalue weighted by Gasteiger charge is 2.30. The van der Waals surface area contributed by atoms with Crippen LogP contribution in [-0.4, -0.2) is 49.6 Å². The van der Waals surface area contributed by atoms with E-state index in [0.717, 1.165) is 0 Å². The average molecular weight is 419 g/mol. The van der Waals surface area contributed by atoms with Crippen molar-refractivity contribution in [1.29, 1.82) is 0 Å². The molecule has 1 aliphatic rings. The van der Waals surface area contributed by atoms with Crippen LogP contribution in [0.3, 0.4) is 0 Å². The van der Waals surface area contributed by atoms with Crippen LogP contribution in [-0.2, 0) is 4.74 Å². The Hall–Kier alpha value is -3.04. The summed E-state index contributed by atoms with van der Waals surface area (Å²) in [5.41, 5.74) is 0.349. The number of rotatable bonds is 3. The first-order valence-corrected chi connectivity index (χ1v) is 9.78. The number of aromatic nitrogens is 4. The molecule has 0 radical (unpaired) electrons. The first kappa shape index (κ1) is 20.2. The highest BCUT2D eigenvalue weighted by Crippen LogP contribution is 2.30. The normalized spacial score (nSPS) is 15.9. The van der Waals surface area contributed by atoms with Gasteiger partial charge >= 0.3 is 12.6 Å². The zero-order valence-corrected chi connectivity index (χ0v) is 17.0. The van der Waals surface area contributed by atoms with Gasteiger partial charge in [0.2, 0.25) is 11.7 Å². The van der Waals surface area contributed by atoms with Gasteiger partial charge in [-0.1, -0.05) is 17.3 Å². The number of fused-ring (bicyclic) bond motifs is 1. The molecule has 1 fully saturated rings. The van der Waals surface area contributed by atoms with Crippen LogP contribution >= 0.6 is 0 Å². The Balaban J connectivity index is 1.46. The number of carbonyl (C=O) groups is 1. The number of piperidine rings is 1. The van der Waals surface area contributed by atoms with Crippen LogP contribution in [0.5, 0.6) is 0 Å². The monoisotopic (exact) mass is 419 g/mol. The Kier molecular flexibility index (Phi) is 5.17. The molecule has 1 aliphatic heterocycles. The quantitative estimate of drug-likeness (QED) is 0.617. The Bertz CT molecular complexity index is 1050. The fourth-order valence-electron chi connectivity index (χ4n) is 3.49. The van der Waals surface area contributed by atoms with Gasteiger partial charge in [0.15, 0.2) is 0 Å². The maximum absolute atomic E-state index is 13.1. The molecule has 0 bridgehead atoms. The lowest BCUT2D eigenvalue weighted by Crippen LogP contribution is -2.41. The minimum absolute atomic E-state index is 0.0280. The van der Waals surface area contributed by atoms with Crippen LogP contribution < -0.4 is 0 Å². The third-order valence-corrected chi connectivity index (χ3v) is 4.98. The molecule has 1 saturated heterocycles. The van der Waals surface area contributed by atoms with Crippen molar-refractivity contribution in [3.8, 4) is 11.4 Å². The Morgan fingerprint density at radius 1 is 1.27 bits per heavy atom. The largest absolute Gasteiger partial charge is 0.444 e. The first-order valence-electron chi connectivity index (χ1n) is 9.78. The lowest BCUT2D eigenvalue weighted by Gasteiger charge is -2.32. The van der Waals surface area contributed by atoms with E-state index in [1.165, 1.54) is 6.20 Å². The lowest BCUT2D eigenvalue weighted by molar-refractivity contribution is 0.0198. The van der Waals surface area contributed by atoms with Gasteiger partial charge in [-0.05, 0) is 39.7 Å². The molecule has 0 atom stereocenters. The summed E-state index contributed by atoms with van der Waals surface area (Å²) in [4.78, 5) is 18.3. The van der Waals surface area contributed by atoms with Gasteiger partial charge in [-0.25, -0.2) is 9.48 Å². The standard InChI is InChI=1S/C20H23F2N5O3/c1-20(2,3)29-19(28)26-8-6-12(7-9-26)17-24-16(25-30-17)13-4-5-14-11-23-27(18(21)22)15(14)10-13/h4-5,10-12,18H,6-9H2,1-3H3. The van der Waals surface area contributed by atoms with Crippen LogP contribution in [0.4, 0.5) is 13.6 Å². The van der Waals surface area contributed by atoms with Gasteiger partial charge in [0.05, 0.1) is 11.7 Å². The van der Waals surface area contributed by atoms with Crippen molar-refractivity contribution in [1.82, 2.24) is 24.8 Å². The third kappa shape index (κ3) is 4.12. The Morgan fingerprint density at radius 3 is 2.67 bits per heavy atom. The van der Waals surface area contributed by atoms with Crippen molar-refractivity contribution < 1.29 is 22.8 Å². The Morgan fingerprint density at radius 2 is 2.00 bits per heavy atom. The summed E-state index contributed by atoms with van der Waals surface area (Å²) in [6.07, 6.45) is 2.43. The molecule has 2 aromatic heterocycles. The van der Waals surface area contributed by atoms with Crippen molar-refractivity contribution >= 4 is 17.0 Å². The number of benzene rings is 1. The van der Waals surface area contributed by atoms with Crippen LogP contribution in [0.25, 0.3) is 22.3 Å². The second-order valence-corrected chi connectivity index (χ2v) is 8.34. The zero-order chi connectivity index (χ0) is 21.5. The molecule has 30 heavy (non-hydrogen) atoms. The molecule has 0 unspecified atom stereocenters. The van der Waals surface area contributed by atoms with Crippen LogP contribution in [0.2, 0.25) is 0 Å². The molecular formula is C20H23F2N5O3.